The summed E-state index contributed by atoms with van der Waals surface area (Å²) in [6.07, 6.45) is 1.09. The number of hydrogen-bond donors (Lipinski definition) is 2. The van der Waals surface area contributed by atoms with E-state index in [2.05, 4.69) is 52.7 Å². The van der Waals surface area contributed by atoms with Crippen molar-refractivity contribution in [2.75, 3.05) is 5.43 Å². The van der Waals surface area contributed by atoms with Crippen LogP contribution in [-0.2, 0) is 0 Å². The highest BCUT2D eigenvalue weighted by Gasteiger charge is 2.25. The molecule has 2 aromatic carbocycles. The smallest absolute Gasteiger partial charge is 0.374 e. The summed E-state index contributed by atoms with van der Waals surface area (Å²) in [5, 5.41) is 11.5. The number of carbonyl (C=O) groups excluding carboxylic acids is 1. The number of nitrogens with zero attached hydrogens (tertiary/aromatic N) is 3. The zero-order valence-electron chi connectivity index (χ0n) is 13.9. The quantitative estimate of drug-likeness (QED) is 0.372. The van der Waals surface area contributed by atoms with E-state index in [0.717, 1.165) is 15.3 Å². The van der Waals surface area contributed by atoms with Crippen LogP contribution in [0.15, 0.2) is 63.8 Å². The molecular formula is C17H11Br2N5O4. The van der Waals surface area contributed by atoms with Crippen molar-refractivity contribution in [3.05, 3.63) is 79.5 Å². The lowest BCUT2D eigenvalue weighted by Crippen LogP contribution is -2.30. The van der Waals surface area contributed by atoms with Crippen molar-refractivity contribution in [2.45, 2.75) is 0 Å². The number of anilines is 1. The molecule has 28 heavy (non-hydrogen) atoms. The van der Waals surface area contributed by atoms with Crippen molar-refractivity contribution in [1.82, 2.24) is 15.4 Å². The summed E-state index contributed by atoms with van der Waals surface area (Å²) in [5.74, 6) is -0.606. The minimum atomic E-state index is -0.692. The van der Waals surface area contributed by atoms with Gasteiger partial charge in [0, 0.05) is 14.5 Å². The van der Waals surface area contributed by atoms with Gasteiger partial charge in [0.05, 0.1) is 4.92 Å². The van der Waals surface area contributed by atoms with E-state index in [1.165, 1.54) is 0 Å². The summed E-state index contributed by atoms with van der Waals surface area (Å²) in [6.45, 7) is 0. The molecule has 0 bridgehead atoms. The summed E-state index contributed by atoms with van der Waals surface area (Å²) in [5.41, 5.74) is 4.67. The van der Waals surface area contributed by atoms with Gasteiger partial charge in [0.2, 0.25) is 5.82 Å². The molecule has 0 aliphatic carbocycles. The predicted molar refractivity (Wildman–Crippen MR) is 108 cm³/mol. The van der Waals surface area contributed by atoms with E-state index in [1.807, 2.05) is 0 Å². The van der Waals surface area contributed by atoms with E-state index in [9.17, 15) is 14.9 Å². The van der Waals surface area contributed by atoms with Crippen molar-refractivity contribution < 1.29 is 14.5 Å². The molecule has 0 fully saturated rings. The first-order chi connectivity index (χ1) is 13.4. The average molecular weight is 509 g/mol. The molecule has 1 aromatic heterocycles. The van der Waals surface area contributed by atoms with Crippen LogP contribution < -0.4 is 15.6 Å². The Labute approximate surface area is 175 Å². The van der Waals surface area contributed by atoms with Crippen molar-refractivity contribution in [2.24, 2.45) is 0 Å². The molecule has 2 N–H and O–H groups in total. The Balaban J connectivity index is 1.80. The number of nitrogens with one attached hydrogen (secondary N) is 2. The number of aromatic nitrogens is 2. The van der Waals surface area contributed by atoms with Gasteiger partial charge in [-0.1, -0.05) is 31.9 Å². The molecule has 0 aliphatic rings. The molecule has 1 amide bonds. The fourth-order valence-corrected chi connectivity index (χ4v) is 2.63. The minimum Gasteiger partial charge on any atom is -0.434 e. The number of amides is 1. The van der Waals surface area contributed by atoms with Crippen molar-refractivity contribution >= 4 is 49.3 Å². The summed E-state index contributed by atoms with van der Waals surface area (Å²) < 4.78 is 7.15. The first-order valence-corrected chi connectivity index (χ1v) is 9.27. The minimum absolute atomic E-state index is 0.211. The Morgan fingerprint density at radius 3 is 2.21 bits per heavy atom. The maximum Gasteiger partial charge on any atom is 0.374 e. The molecule has 1 heterocycles. The van der Waals surface area contributed by atoms with Gasteiger partial charge in [0.15, 0.2) is 0 Å². The Morgan fingerprint density at radius 1 is 1.00 bits per heavy atom. The van der Waals surface area contributed by atoms with Gasteiger partial charge in [-0.05, 0) is 48.5 Å². The van der Waals surface area contributed by atoms with Crippen LogP contribution in [0.4, 0.5) is 11.5 Å². The topological polar surface area (TPSA) is 119 Å². The zero-order chi connectivity index (χ0) is 20.1. The number of benzene rings is 2. The number of carbonyl (C=O) groups is 1. The Hall–Kier alpha value is -3.05. The molecule has 0 atom stereocenters. The second-order valence-electron chi connectivity index (χ2n) is 5.28. The lowest BCUT2D eigenvalue weighted by Gasteiger charge is -2.10. The summed E-state index contributed by atoms with van der Waals surface area (Å²) in [4.78, 5) is 30.7. The molecule has 0 unspecified atom stereocenters. The maximum absolute atomic E-state index is 12.2. The largest absolute Gasteiger partial charge is 0.434 e. The second-order valence-corrected chi connectivity index (χ2v) is 7.11. The van der Waals surface area contributed by atoms with E-state index in [1.54, 1.807) is 48.5 Å². The number of ether oxygens (including phenoxy) is 1. The average Bonchev–Trinajstić information content (AvgIpc) is 2.68. The van der Waals surface area contributed by atoms with Crippen molar-refractivity contribution in [3.63, 3.8) is 0 Å². The number of nitro groups is 1. The highest BCUT2D eigenvalue weighted by atomic mass is 79.9. The van der Waals surface area contributed by atoms with E-state index in [4.69, 9.17) is 4.74 Å². The SMILES string of the molecule is O=C(NNc1ncnc(Oc2ccc(Br)cc2)c1[N+](=O)[O-])c1ccc(Br)cc1. The number of halogens is 2. The normalized spacial score (nSPS) is 10.2. The van der Waals surface area contributed by atoms with Crippen LogP contribution in [0.2, 0.25) is 0 Å². The molecule has 0 radical (unpaired) electrons. The molecule has 0 aliphatic heterocycles. The van der Waals surface area contributed by atoms with Gasteiger partial charge < -0.3 is 4.74 Å². The van der Waals surface area contributed by atoms with Gasteiger partial charge in [-0.2, -0.15) is 4.98 Å². The van der Waals surface area contributed by atoms with Crippen LogP contribution in [0.25, 0.3) is 0 Å². The Morgan fingerprint density at radius 2 is 1.61 bits per heavy atom. The molecule has 9 nitrogen and oxygen atoms in total. The number of hydrazine groups is 1. The zero-order valence-corrected chi connectivity index (χ0v) is 17.1. The van der Waals surface area contributed by atoms with Crippen LogP contribution in [0, 0.1) is 10.1 Å². The monoisotopic (exact) mass is 507 g/mol. The fourth-order valence-electron chi connectivity index (χ4n) is 2.10. The molecule has 0 spiro atoms. The molecule has 0 saturated carbocycles. The van der Waals surface area contributed by atoms with Crippen molar-refractivity contribution in [3.8, 4) is 11.6 Å². The first kappa shape index (κ1) is 19.7. The van der Waals surface area contributed by atoms with Gasteiger partial charge in [0.25, 0.3) is 5.91 Å². The molecule has 3 aromatic rings. The number of rotatable bonds is 6. The van der Waals surface area contributed by atoms with Crippen LogP contribution in [0.1, 0.15) is 10.4 Å². The number of hydrogen-bond acceptors (Lipinski definition) is 7. The predicted octanol–water partition coefficient (Wildman–Crippen LogP) is 4.46. The molecule has 0 saturated heterocycles. The van der Waals surface area contributed by atoms with Gasteiger partial charge in [-0.15, -0.1) is 0 Å². The van der Waals surface area contributed by atoms with Crippen LogP contribution in [-0.4, -0.2) is 20.8 Å². The second kappa shape index (κ2) is 8.76. The van der Waals surface area contributed by atoms with Gasteiger partial charge in [-0.25, -0.2) is 4.98 Å². The third-order valence-corrected chi connectivity index (χ3v) is 4.46. The fraction of sp³-hybridized carbons (Fsp3) is 0. The highest BCUT2D eigenvalue weighted by molar-refractivity contribution is 9.10. The molecular weight excluding hydrogens is 498 g/mol. The van der Waals surface area contributed by atoms with Crippen LogP contribution in [0.5, 0.6) is 11.6 Å². The van der Waals surface area contributed by atoms with Gasteiger partial charge in [0.1, 0.15) is 12.1 Å². The highest BCUT2D eigenvalue weighted by Crippen LogP contribution is 2.33. The lowest BCUT2D eigenvalue weighted by atomic mass is 10.2. The van der Waals surface area contributed by atoms with Crippen LogP contribution >= 0.6 is 31.9 Å². The van der Waals surface area contributed by atoms with Crippen LogP contribution in [0.3, 0.4) is 0 Å². The van der Waals surface area contributed by atoms with E-state index in [-0.39, 0.29) is 11.7 Å². The molecule has 11 heteroatoms. The molecule has 142 valence electrons. The summed E-state index contributed by atoms with van der Waals surface area (Å²) >= 11 is 6.57. The maximum atomic E-state index is 12.2. The summed E-state index contributed by atoms with van der Waals surface area (Å²) in [6, 6.07) is 13.3. The van der Waals surface area contributed by atoms with Crippen molar-refractivity contribution in [1.29, 1.82) is 0 Å². The lowest BCUT2D eigenvalue weighted by molar-refractivity contribution is -0.385. The first-order valence-electron chi connectivity index (χ1n) is 7.69. The van der Waals surface area contributed by atoms with E-state index >= 15 is 0 Å². The standard InChI is InChI=1S/C17H11Br2N5O4/c18-11-3-1-10(2-4-11)16(25)23-22-15-14(24(26)27)17(21-9-20-15)28-13-7-5-12(19)6-8-13/h1-9H,(H,23,25)(H,20,21,22). The van der Waals surface area contributed by atoms with E-state index in [0.29, 0.717) is 11.3 Å². The van der Waals surface area contributed by atoms with Gasteiger partial charge in [-0.3, -0.25) is 25.8 Å². The third-order valence-electron chi connectivity index (χ3n) is 3.40. The van der Waals surface area contributed by atoms with E-state index < -0.39 is 16.5 Å². The summed E-state index contributed by atoms with van der Waals surface area (Å²) in [7, 11) is 0. The van der Waals surface area contributed by atoms with Gasteiger partial charge >= 0.3 is 11.6 Å². The Bertz CT molecular complexity index is 1010. The third kappa shape index (κ3) is 4.81. The Kier molecular flexibility index (Phi) is 6.16. The molecule has 3 rings (SSSR count).